The molecule has 2 fully saturated rings. The maximum absolute atomic E-state index is 12.4. The Hall–Kier alpha value is -2.42. The van der Waals surface area contributed by atoms with Crippen LogP contribution in [0.4, 0.5) is 17.5 Å². The molecule has 1 aromatic heterocycles. The Kier molecular flexibility index (Phi) is 4.86. The first-order valence-corrected chi connectivity index (χ1v) is 9.94. The van der Waals surface area contributed by atoms with Gasteiger partial charge < -0.3 is 25.2 Å². The fourth-order valence-electron chi connectivity index (χ4n) is 4.19. The summed E-state index contributed by atoms with van der Waals surface area (Å²) in [6, 6.07) is -0.148. The number of aryl methyl sites for hydroxylation is 1. The maximum atomic E-state index is 12.4. The van der Waals surface area contributed by atoms with Crippen molar-refractivity contribution in [1.82, 2.24) is 14.9 Å². The molecule has 3 aliphatic heterocycles. The van der Waals surface area contributed by atoms with E-state index in [0.29, 0.717) is 31.3 Å². The Morgan fingerprint density at radius 2 is 2.07 bits per heavy atom. The lowest BCUT2D eigenvalue weighted by Crippen LogP contribution is -2.59. The molecular weight excluding hydrogens is 360 g/mol. The largest absolute Gasteiger partial charge is 0.368 e. The SMILES string of the molecule is Cc1nc(NC2CN(C(=O)[C@H]3CCCO3)C2)nc2c1NC(=O)C(C(C)C)N2C. The number of nitrogens with zero attached hydrogens (tertiary/aromatic N) is 4. The van der Waals surface area contributed by atoms with Crippen LogP contribution in [0, 0.1) is 12.8 Å². The van der Waals surface area contributed by atoms with E-state index in [2.05, 4.69) is 20.6 Å². The van der Waals surface area contributed by atoms with Crippen LogP contribution in [0.25, 0.3) is 0 Å². The van der Waals surface area contributed by atoms with Crippen molar-refractivity contribution in [2.75, 3.05) is 42.3 Å². The molecule has 3 aliphatic rings. The molecule has 2 N–H and O–H groups in total. The molecule has 0 saturated carbocycles. The molecule has 2 amide bonds. The Labute approximate surface area is 164 Å². The molecule has 0 aromatic carbocycles. The summed E-state index contributed by atoms with van der Waals surface area (Å²) in [6.45, 7) is 7.83. The molecule has 152 valence electrons. The van der Waals surface area contributed by atoms with Crippen LogP contribution in [-0.4, -0.2) is 71.6 Å². The Morgan fingerprint density at radius 1 is 1.32 bits per heavy atom. The molecule has 28 heavy (non-hydrogen) atoms. The van der Waals surface area contributed by atoms with Crippen LogP contribution in [0.3, 0.4) is 0 Å². The number of hydrogen-bond donors (Lipinski definition) is 2. The molecule has 0 aliphatic carbocycles. The quantitative estimate of drug-likeness (QED) is 0.794. The standard InChI is InChI=1S/C19H28N6O3/c1-10(2)15-17(26)22-14-11(3)20-19(23-16(14)24(15)4)21-12-8-25(9-12)18(27)13-6-5-7-28-13/h10,12-13,15H,5-9H2,1-4H3,(H,22,26)(H,20,21,23)/t13-,15?/m1/s1. The van der Waals surface area contributed by atoms with Gasteiger partial charge in [-0.1, -0.05) is 13.8 Å². The summed E-state index contributed by atoms with van der Waals surface area (Å²) in [5.74, 6) is 1.46. The van der Waals surface area contributed by atoms with E-state index in [4.69, 9.17) is 4.74 Å². The maximum Gasteiger partial charge on any atom is 0.251 e. The highest BCUT2D eigenvalue weighted by molar-refractivity contribution is 6.03. The molecule has 1 unspecified atom stereocenters. The number of aromatic nitrogens is 2. The highest BCUT2D eigenvalue weighted by atomic mass is 16.5. The lowest BCUT2D eigenvalue weighted by Gasteiger charge is -2.41. The molecule has 4 heterocycles. The summed E-state index contributed by atoms with van der Waals surface area (Å²) in [4.78, 5) is 37.7. The third kappa shape index (κ3) is 3.28. The molecule has 9 heteroatoms. The van der Waals surface area contributed by atoms with Gasteiger partial charge in [-0.2, -0.15) is 4.98 Å². The fraction of sp³-hybridized carbons (Fsp3) is 0.684. The Morgan fingerprint density at radius 3 is 2.71 bits per heavy atom. The minimum atomic E-state index is -0.270. The van der Waals surface area contributed by atoms with Crippen LogP contribution in [0.1, 0.15) is 32.4 Å². The van der Waals surface area contributed by atoms with Crippen LogP contribution in [0.2, 0.25) is 0 Å². The predicted molar refractivity (Wildman–Crippen MR) is 105 cm³/mol. The molecule has 0 radical (unpaired) electrons. The molecule has 0 spiro atoms. The first kappa shape index (κ1) is 18.9. The van der Waals surface area contributed by atoms with Crippen LogP contribution in [0.5, 0.6) is 0 Å². The third-order valence-corrected chi connectivity index (χ3v) is 5.70. The summed E-state index contributed by atoms with van der Waals surface area (Å²) in [5.41, 5.74) is 1.39. The van der Waals surface area contributed by atoms with Crippen LogP contribution in [0.15, 0.2) is 0 Å². The first-order chi connectivity index (χ1) is 13.3. The van der Waals surface area contributed by atoms with Gasteiger partial charge in [-0.15, -0.1) is 0 Å². The van der Waals surface area contributed by atoms with Gasteiger partial charge in [-0.3, -0.25) is 9.59 Å². The molecule has 1 aromatic rings. The number of anilines is 3. The summed E-state index contributed by atoms with van der Waals surface area (Å²) in [7, 11) is 1.89. The van der Waals surface area contributed by atoms with E-state index in [0.717, 1.165) is 24.4 Å². The van der Waals surface area contributed by atoms with Gasteiger partial charge in [0.15, 0.2) is 5.82 Å². The van der Waals surface area contributed by atoms with E-state index in [-0.39, 0.29) is 35.9 Å². The second-order valence-corrected chi connectivity index (χ2v) is 8.21. The monoisotopic (exact) mass is 388 g/mol. The Bertz CT molecular complexity index is 786. The van der Waals surface area contributed by atoms with E-state index in [1.807, 2.05) is 37.6 Å². The molecule has 0 bridgehead atoms. The minimum absolute atomic E-state index is 0.0281. The highest BCUT2D eigenvalue weighted by Gasteiger charge is 2.38. The number of fused-ring (bicyclic) bond motifs is 1. The third-order valence-electron chi connectivity index (χ3n) is 5.70. The zero-order chi connectivity index (χ0) is 20.0. The van der Waals surface area contributed by atoms with Crippen molar-refractivity contribution in [2.24, 2.45) is 5.92 Å². The molecule has 9 nitrogen and oxygen atoms in total. The Balaban J connectivity index is 1.44. The van der Waals surface area contributed by atoms with Gasteiger partial charge in [0.1, 0.15) is 17.8 Å². The zero-order valence-electron chi connectivity index (χ0n) is 16.9. The number of carbonyl (C=O) groups excluding carboxylic acids is 2. The van der Waals surface area contributed by atoms with Crippen molar-refractivity contribution in [1.29, 1.82) is 0 Å². The number of ether oxygens (including phenoxy) is 1. The molecule has 4 rings (SSSR count). The number of hydrogen-bond acceptors (Lipinski definition) is 7. The average molecular weight is 388 g/mol. The fourth-order valence-corrected chi connectivity index (χ4v) is 4.19. The number of nitrogens with one attached hydrogen (secondary N) is 2. The van der Waals surface area contributed by atoms with E-state index in [1.165, 1.54) is 0 Å². The zero-order valence-corrected chi connectivity index (χ0v) is 16.9. The van der Waals surface area contributed by atoms with Gasteiger partial charge in [-0.25, -0.2) is 4.98 Å². The normalized spacial score (nSPS) is 24.8. The number of rotatable bonds is 4. The molecule has 2 saturated heterocycles. The number of carbonyl (C=O) groups is 2. The first-order valence-electron chi connectivity index (χ1n) is 9.94. The summed E-state index contributed by atoms with van der Waals surface area (Å²) >= 11 is 0. The average Bonchev–Trinajstić information content (AvgIpc) is 3.12. The lowest BCUT2D eigenvalue weighted by atomic mass is 9.99. The van der Waals surface area contributed by atoms with E-state index in [1.54, 1.807) is 0 Å². The highest BCUT2D eigenvalue weighted by Crippen LogP contribution is 2.34. The van der Waals surface area contributed by atoms with Crippen molar-refractivity contribution in [3.05, 3.63) is 5.69 Å². The van der Waals surface area contributed by atoms with Gasteiger partial charge in [0.05, 0.1) is 11.7 Å². The number of amides is 2. The second kappa shape index (κ2) is 7.20. The van der Waals surface area contributed by atoms with Crippen molar-refractivity contribution in [3.8, 4) is 0 Å². The summed E-state index contributed by atoms with van der Waals surface area (Å²) < 4.78 is 5.48. The molecular formula is C19H28N6O3. The summed E-state index contributed by atoms with van der Waals surface area (Å²) in [6.07, 6.45) is 1.50. The van der Waals surface area contributed by atoms with Crippen LogP contribution < -0.4 is 15.5 Å². The topological polar surface area (TPSA) is 99.7 Å². The smallest absolute Gasteiger partial charge is 0.251 e. The van der Waals surface area contributed by atoms with Crippen molar-refractivity contribution in [3.63, 3.8) is 0 Å². The summed E-state index contributed by atoms with van der Waals surface area (Å²) in [5, 5.41) is 6.28. The number of likely N-dealkylation sites (N-methyl/N-ethyl adjacent to an activating group) is 1. The van der Waals surface area contributed by atoms with Crippen molar-refractivity contribution in [2.45, 2.75) is 51.8 Å². The van der Waals surface area contributed by atoms with E-state index < -0.39 is 0 Å². The van der Waals surface area contributed by atoms with Crippen LogP contribution >= 0.6 is 0 Å². The van der Waals surface area contributed by atoms with Crippen LogP contribution in [-0.2, 0) is 14.3 Å². The van der Waals surface area contributed by atoms with E-state index >= 15 is 0 Å². The van der Waals surface area contributed by atoms with Crippen molar-refractivity contribution < 1.29 is 14.3 Å². The second-order valence-electron chi connectivity index (χ2n) is 8.21. The van der Waals surface area contributed by atoms with E-state index in [9.17, 15) is 9.59 Å². The van der Waals surface area contributed by atoms with Gasteiger partial charge >= 0.3 is 0 Å². The van der Waals surface area contributed by atoms with Gasteiger partial charge in [0.2, 0.25) is 11.9 Å². The molecule has 2 atom stereocenters. The minimum Gasteiger partial charge on any atom is -0.368 e. The van der Waals surface area contributed by atoms with Gasteiger partial charge in [0, 0.05) is 26.7 Å². The lowest BCUT2D eigenvalue weighted by molar-refractivity contribution is -0.145. The van der Waals surface area contributed by atoms with Gasteiger partial charge in [0.25, 0.3) is 5.91 Å². The number of likely N-dealkylation sites (tertiary alicyclic amines) is 1. The van der Waals surface area contributed by atoms with Crippen molar-refractivity contribution >= 4 is 29.3 Å². The predicted octanol–water partition coefficient (Wildman–Crippen LogP) is 1.000. The van der Waals surface area contributed by atoms with Gasteiger partial charge in [-0.05, 0) is 25.7 Å².